The van der Waals surface area contributed by atoms with Gasteiger partial charge < -0.3 is 0 Å². The molecule has 0 heterocycles. The van der Waals surface area contributed by atoms with E-state index >= 15 is 0 Å². The van der Waals surface area contributed by atoms with Gasteiger partial charge >= 0.3 is 123 Å². The maximum atomic E-state index is 5.84. The summed E-state index contributed by atoms with van der Waals surface area (Å²) >= 11 is 11.0. The van der Waals surface area contributed by atoms with Crippen LogP contribution in [0.3, 0.4) is 0 Å². The van der Waals surface area contributed by atoms with Crippen molar-refractivity contribution in [3.63, 3.8) is 0 Å². The van der Waals surface area contributed by atoms with Crippen LogP contribution in [0.5, 0.6) is 0 Å². The molecule has 1 atom stereocenters. The molecule has 0 amide bonds. The van der Waals surface area contributed by atoms with Crippen molar-refractivity contribution in [3.05, 3.63) is 152 Å². The van der Waals surface area contributed by atoms with Gasteiger partial charge in [-0.05, 0) is 28.4 Å². The molecular weight excluding hydrogens is 774 g/mol. The van der Waals surface area contributed by atoms with Crippen LogP contribution < -0.4 is 0 Å². The summed E-state index contributed by atoms with van der Waals surface area (Å²) in [4.78, 5) is 0. The van der Waals surface area contributed by atoms with Crippen LogP contribution >= 0.6 is 48.0 Å². The molecule has 0 spiro atoms. The normalized spacial score (nSPS) is 14.1. The van der Waals surface area contributed by atoms with Crippen LogP contribution in [-0.4, -0.2) is 7.42 Å². The number of halogens is 4. The van der Waals surface area contributed by atoms with Crippen LogP contribution in [0.2, 0.25) is 10.0 Å². The van der Waals surface area contributed by atoms with Gasteiger partial charge in [-0.25, -0.2) is 5.57 Å². The van der Waals surface area contributed by atoms with E-state index in [2.05, 4.69) is 149 Å². The van der Waals surface area contributed by atoms with E-state index in [0.717, 1.165) is 16.5 Å². The molecule has 0 N–H and O–H groups in total. The fraction of sp³-hybridized carbons (Fsp3) is 0.333. The van der Waals surface area contributed by atoms with Crippen molar-refractivity contribution in [2.24, 2.45) is 11.8 Å². The minimum atomic E-state index is -0.623. The van der Waals surface area contributed by atoms with Crippen molar-refractivity contribution in [2.45, 2.75) is 86.5 Å². The quantitative estimate of drug-likeness (QED) is 0.159. The number of hydrogen-bond acceptors (Lipinski definition) is 0. The van der Waals surface area contributed by atoms with Crippen LogP contribution in [0, 0.1) is 24.0 Å². The standard InChI is InChI=1S/C21H25.C10H15.2C7H5Cl.2ClH.Zr/c1-20(2,3)16-7-9-18-14(12-16)11-15-13-17(21(4,5)6)8-10-19(15)18;1-7(2)10-6-8(3)5-9(10)4;2*1-6-2-4-7(8)5-3-6;;;/h7-10,12H,11H2,1-6H3;6-8H,1-4H3;2*1-5H;2*1H;/q2*-1;;;;;. The molecule has 266 valence electrons. The van der Waals surface area contributed by atoms with Crippen molar-refractivity contribution in [1.82, 2.24) is 0 Å². The van der Waals surface area contributed by atoms with Gasteiger partial charge in [0.2, 0.25) is 0 Å². The number of allylic oxidation sites excluding steroid dienone is 4. The summed E-state index contributed by atoms with van der Waals surface area (Å²) in [7, 11) is 0. The molecule has 0 aliphatic heterocycles. The first kappa shape index (κ1) is 44.3. The molecule has 0 saturated heterocycles. The summed E-state index contributed by atoms with van der Waals surface area (Å²) in [5.41, 5.74) is 14.0. The number of rotatable bonds is 3. The Hall–Kier alpha value is -1.86. The van der Waals surface area contributed by atoms with Gasteiger partial charge in [-0.2, -0.15) is 35.4 Å². The first-order chi connectivity index (χ1) is 22.5. The zero-order valence-electron chi connectivity index (χ0n) is 31.2. The molecule has 0 saturated carbocycles. The second kappa shape index (κ2) is 19.3. The molecule has 0 nitrogen and oxygen atoms in total. The van der Waals surface area contributed by atoms with Gasteiger partial charge in [-0.1, -0.05) is 105 Å². The van der Waals surface area contributed by atoms with E-state index < -0.39 is 22.3 Å². The van der Waals surface area contributed by atoms with E-state index in [-0.39, 0.29) is 35.6 Å². The van der Waals surface area contributed by atoms with Gasteiger partial charge in [-0.15, -0.1) is 35.9 Å². The monoisotopic (exact) mass is 822 g/mol. The number of fused-ring (bicyclic) bond motifs is 3. The Balaban J connectivity index is 0.000000270. The molecule has 0 aromatic heterocycles. The van der Waals surface area contributed by atoms with Crippen LogP contribution in [0.15, 0.2) is 96.1 Å². The van der Waals surface area contributed by atoms with Gasteiger partial charge in [0.1, 0.15) is 0 Å². The zero-order valence-corrected chi connectivity index (χ0v) is 36.8. The molecular formula is C45H52Cl4Zr-2. The van der Waals surface area contributed by atoms with E-state index in [0.29, 0.717) is 11.8 Å². The van der Waals surface area contributed by atoms with Crippen molar-refractivity contribution >= 4 is 55.4 Å². The molecule has 4 aromatic carbocycles. The first-order valence-corrected chi connectivity index (χ1v) is 20.6. The third kappa shape index (κ3) is 12.7. The summed E-state index contributed by atoms with van der Waals surface area (Å²) in [6.07, 6.45) is 6.70. The molecule has 0 radical (unpaired) electrons. The molecule has 0 bridgehead atoms. The average Bonchev–Trinajstić information content (AvgIpc) is 3.56. The summed E-state index contributed by atoms with van der Waals surface area (Å²) in [6.45, 7) is 22.4. The number of hydrogen-bond donors (Lipinski definition) is 0. The van der Waals surface area contributed by atoms with Crippen LogP contribution in [-0.2, 0) is 39.5 Å². The Morgan fingerprint density at radius 2 is 1.26 bits per heavy atom. The molecule has 1 unspecified atom stereocenters. The summed E-state index contributed by atoms with van der Waals surface area (Å²) in [6, 6.07) is 31.1. The number of benzene rings is 4. The second-order valence-electron chi connectivity index (χ2n) is 15.2. The summed E-state index contributed by atoms with van der Waals surface area (Å²) in [5.74, 6) is 1.20. The Bertz CT molecular complexity index is 1730. The van der Waals surface area contributed by atoms with Crippen molar-refractivity contribution in [3.8, 4) is 11.1 Å². The minimum absolute atomic E-state index is 0. The van der Waals surface area contributed by atoms with Gasteiger partial charge in [0.25, 0.3) is 0 Å². The molecule has 0 fully saturated rings. The van der Waals surface area contributed by atoms with Crippen molar-refractivity contribution in [1.29, 1.82) is 0 Å². The van der Waals surface area contributed by atoms with Crippen molar-refractivity contribution in [2.75, 3.05) is 0 Å². The van der Waals surface area contributed by atoms with E-state index in [4.69, 9.17) is 23.2 Å². The third-order valence-corrected chi connectivity index (χ3v) is 11.6. The fourth-order valence-electron chi connectivity index (χ4n) is 5.87. The van der Waals surface area contributed by atoms with E-state index in [9.17, 15) is 0 Å². The van der Waals surface area contributed by atoms with Crippen LogP contribution in [0.1, 0.15) is 103 Å². The Morgan fingerprint density at radius 3 is 1.68 bits per heavy atom. The van der Waals surface area contributed by atoms with Gasteiger partial charge in [-0.3, -0.25) is 6.08 Å². The third-order valence-electron chi connectivity index (χ3n) is 8.63. The van der Waals surface area contributed by atoms with E-state index in [1.165, 1.54) is 55.7 Å². The van der Waals surface area contributed by atoms with Crippen molar-refractivity contribution < 1.29 is 22.3 Å². The Labute approximate surface area is 336 Å². The van der Waals surface area contributed by atoms with Crippen LogP contribution in [0.4, 0.5) is 0 Å². The molecule has 50 heavy (non-hydrogen) atoms. The summed E-state index contributed by atoms with van der Waals surface area (Å²) in [5, 5.41) is 1.57. The zero-order chi connectivity index (χ0) is 35.2. The molecule has 2 aliphatic rings. The van der Waals surface area contributed by atoms with E-state index in [1.807, 2.05) is 24.3 Å². The average molecular weight is 826 g/mol. The Morgan fingerprint density at radius 1 is 0.740 bits per heavy atom. The first-order valence-electron chi connectivity index (χ1n) is 17.0. The summed E-state index contributed by atoms with van der Waals surface area (Å²) < 4.78 is 4.66. The van der Waals surface area contributed by atoms with E-state index in [1.54, 1.807) is 0 Å². The van der Waals surface area contributed by atoms with Gasteiger partial charge in [0.15, 0.2) is 0 Å². The van der Waals surface area contributed by atoms with Gasteiger partial charge in [0, 0.05) is 0 Å². The topological polar surface area (TPSA) is 0 Å². The predicted molar refractivity (Wildman–Crippen MR) is 223 cm³/mol. The predicted octanol–water partition coefficient (Wildman–Crippen LogP) is 13.5. The molecule has 2 aliphatic carbocycles. The molecule has 6 rings (SSSR count). The second-order valence-corrected chi connectivity index (χ2v) is 18.3. The maximum absolute atomic E-state index is 5.84. The molecule has 4 aromatic rings. The Kier molecular flexibility index (Phi) is 17.1. The van der Waals surface area contributed by atoms with Gasteiger partial charge in [0.05, 0.1) is 0 Å². The fourth-order valence-corrected chi connectivity index (χ4v) is 8.22. The molecule has 5 heteroatoms. The SMILES string of the molecule is CC(C)(C)c1[c-]c2c(cc1)-c1ccc(C(C)(C)C)cc1C2.CC1=[C-]C(C)C=C1C(C)C.Cl.Cl.Clc1ccc([CH]=[Zr]=[CH]c2ccc(Cl)cc2)cc1. The van der Waals surface area contributed by atoms with Crippen LogP contribution in [0.25, 0.3) is 11.1 Å².